The van der Waals surface area contributed by atoms with Crippen LogP contribution in [0.2, 0.25) is 0 Å². The minimum atomic E-state index is -0.390. The minimum absolute atomic E-state index is 0.0802. The molecule has 0 amide bonds. The Hall–Kier alpha value is -1.94. The van der Waals surface area contributed by atoms with Crippen molar-refractivity contribution in [2.24, 2.45) is 0 Å². The van der Waals surface area contributed by atoms with E-state index in [1.807, 2.05) is 33.0 Å². The van der Waals surface area contributed by atoms with Crippen LogP contribution in [0, 0.1) is 12.7 Å². The van der Waals surface area contributed by atoms with Gasteiger partial charge in [-0.05, 0) is 44.7 Å². The van der Waals surface area contributed by atoms with Gasteiger partial charge in [0.05, 0.1) is 0 Å². The molecular weight excluding hydrogens is 243 g/mol. The molecule has 19 heavy (non-hydrogen) atoms. The van der Waals surface area contributed by atoms with E-state index < -0.39 is 0 Å². The van der Waals surface area contributed by atoms with Crippen LogP contribution in [0.15, 0.2) is 36.5 Å². The van der Waals surface area contributed by atoms with Gasteiger partial charge in [0.2, 0.25) is 5.88 Å². The highest BCUT2D eigenvalue weighted by Gasteiger charge is 2.13. The molecule has 1 N–H and O–H groups in total. The lowest BCUT2D eigenvalue weighted by atomic mass is 10.1. The van der Waals surface area contributed by atoms with Crippen LogP contribution in [0.5, 0.6) is 11.6 Å². The first kappa shape index (κ1) is 13.5. The van der Waals surface area contributed by atoms with E-state index in [2.05, 4.69) is 10.3 Å². The zero-order valence-electron chi connectivity index (χ0n) is 11.3. The number of ether oxygens (including phenoxy) is 1. The number of nitrogens with zero attached hydrogens (tertiary/aromatic N) is 1. The van der Waals surface area contributed by atoms with Gasteiger partial charge in [0.15, 0.2) is 11.6 Å². The Labute approximate surface area is 112 Å². The quantitative estimate of drug-likeness (QED) is 0.912. The summed E-state index contributed by atoms with van der Waals surface area (Å²) in [7, 11) is 1.86. The Morgan fingerprint density at radius 3 is 2.84 bits per heavy atom. The van der Waals surface area contributed by atoms with Gasteiger partial charge in [0, 0.05) is 17.8 Å². The first-order valence-corrected chi connectivity index (χ1v) is 6.18. The van der Waals surface area contributed by atoms with Crippen LogP contribution in [0.3, 0.4) is 0 Å². The first-order chi connectivity index (χ1) is 9.11. The van der Waals surface area contributed by atoms with Gasteiger partial charge in [-0.3, -0.25) is 0 Å². The molecule has 1 aromatic carbocycles. The molecule has 0 spiro atoms. The highest BCUT2D eigenvalue weighted by molar-refractivity contribution is 5.36. The first-order valence-electron chi connectivity index (χ1n) is 6.18. The van der Waals surface area contributed by atoms with Crippen molar-refractivity contribution in [1.82, 2.24) is 10.3 Å². The van der Waals surface area contributed by atoms with Crippen molar-refractivity contribution in [3.63, 3.8) is 0 Å². The summed E-state index contributed by atoms with van der Waals surface area (Å²) in [6, 6.07) is 8.60. The number of aryl methyl sites for hydroxylation is 1. The Bertz CT molecular complexity index is 572. The fourth-order valence-electron chi connectivity index (χ4n) is 1.77. The molecule has 0 aliphatic carbocycles. The van der Waals surface area contributed by atoms with Crippen molar-refractivity contribution < 1.29 is 9.13 Å². The lowest BCUT2D eigenvalue weighted by molar-refractivity contribution is 0.416. The fourth-order valence-corrected chi connectivity index (χ4v) is 1.77. The molecule has 2 aromatic rings. The van der Waals surface area contributed by atoms with Gasteiger partial charge in [0.1, 0.15) is 0 Å². The second-order valence-electron chi connectivity index (χ2n) is 4.44. The van der Waals surface area contributed by atoms with E-state index in [0.717, 1.165) is 11.1 Å². The Kier molecular flexibility index (Phi) is 4.12. The highest BCUT2D eigenvalue weighted by Crippen LogP contribution is 2.29. The largest absolute Gasteiger partial charge is 0.436 e. The summed E-state index contributed by atoms with van der Waals surface area (Å²) in [4.78, 5) is 4.18. The molecule has 0 saturated heterocycles. The number of hydrogen-bond donors (Lipinski definition) is 1. The Balaban J connectivity index is 2.35. The summed E-state index contributed by atoms with van der Waals surface area (Å²) in [5.41, 5.74) is 1.83. The average Bonchev–Trinajstić information content (AvgIpc) is 2.42. The van der Waals surface area contributed by atoms with Crippen molar-refractivity contribution in [3.8, 4) is 11.6 Å². The molecule has 0 fully saturated rings. The molecule has 0 aliphatic heterocycles. The predicted molar refractivity (Wildman–Crippen MR) is 72.9 cm³/mol. The van der Waals surface area contributed by atoms with Crippen molar-refractivity contribution in [1.29, 1.82) is 0 Å². The van der Waals surface area contributed by atoms with Crippen molar-refractivity contribution in [3.05, 3.63) is 53.5 Å². The summed E-state index contributed by atoms with van der Waals surface area (Å²) in [6.45, 7) is 3.89. The third-order valence-corrected chi connectivity index (χ3v) is 2.99. The zero-order chi connectivity index (χ0) is 13.8. The van der Waals surface area contributed by atoms with Gasteiger partial charge >= 0.3 is 0 Å². The number of hydrogen-bond acceptors (Lipinski definition) is 3. The molecule has 1 unspecified atom stereocenters. The third-order valence-electron chi connectivity index (χ3n) is 2.99. The highest BCUT2D eigenvalue weighted by atomic mass is 19.1. The Morgan fingerprint density at radius 1 is 1.32 bits per heavy atom. The average molecular weight is 260 g/mol. The fraction of sp³-hybridized carbons (Fsp3) is 0.267. The zero-order valence-corrected chi connectivity index (χ0v) is 11.3. The van der Waals surface area contributed by atoms with Crippen LogP contribution in [0.4, 0.5) is 4.39 Å². The summed E-state index contributed by atoms with van der Waals surface area (Å²) in [5, 5.41) is 3.12. The molecule has 1 atom stereocenters. The normalized spacial score (nSPS) is 12.2. The number of rotatable bonds is 4. The van der Waals surface area contributed by atoms with Crippen LogP contribution >= 0.6 is 0 Å². The van der Waals surface area contributed by atoms with E-state index in [1.54, 1.807) is 18.3 Å². The van der Waals surface area contributed by atoms with Crippen molar-refractivity contribution >= 4 is 0 Å². The van der Waals surface area contributed by atoms with Crippen LogP contribution < -0.4 is 10.1 Å². The van der Waals surface area contributed by atoms with E-state index in [4.69, 9.17) is 4.74 Å². The van der Waals surface area contributed by atoms with E-state index in [9.17, 15) is 4.39 Å². The molecule has 4 heteroatoms. The molecule has 0 aliphatic rings. The van der Waals surface area contributed by atoms with E-state index in [-0.39, 0.29) is 17.6 Å². The second-order valence-corrected chi connectivity index (χ2v) is 4.44. The predicted octanol–water partition coefficient (Wildman–Crippen LogP) is 3.60. The SMILES string of the molecule is CNC(C)c1cccnc1Oc1cc(C)ccc1F. The van der Waals surface area contributed by atoms with Crippen LogP contribution in [0.1, 0.15) is 24.1 Å². The number of nitrogens with one attached hydrogen (secondary N) is 1. The summed E-state index contributed by atoms with van der Waals surface area (Å²) in [6.07, 6.45) is 1.63. The van der Waals surface area contributed by atoms with Crippen LogP contribution in [-0.4, -0.2) is 12.0 Å². The molecule has 1 aromatic heterocycles. The maximum atomic E-state index is 13.7. The monoisotopic (exact) mass is 260 g/mol. The van der Waals surface area contributed by atoms with Crippen molar-refractivity contribution in [2.45, 2.75) is 19.9 Å². The molecule has 3 nitrogen and oxygen atoms in total. The summed E-state index contributed by atoms with van der Waals surface area (Å²) < 4.78 is 19.3. The van der Waals surface area contributed by atoms with Gasteiger partial charge in [-0.15, -0.1) is 0 Å². The number of aromatic nitrogens is 1. The molecule has 100 valence electrons. The smallest absolute Gasteiger partial charge is 0.224 e. The van der Waals surface area contributed by atoms with E-state index >= 15 is 0 Å². The van der Waals surface area contributed by atoms with Crippen molar-refractivity contribution in [2.75, 3.05) is 7.05 Å². The van der Waals surface area contributed by atoms with Gasteiger partial charge in [-0.25, -0.2) is 9.37 Å². The molecular formula is C15H17FN2O. The van der Waals surface area contributed by atoms with Gasteiger partial charge < -0.3 is 10.1 Å². The third kappa shape index (κ3) is 3.09. The lowest BCUT2D eigenvalue weighted by Crippen LogP contribution is -2.13. The molecule has 0 bridgehead atoms. The number of halogens is 1. The van der Waals surface area contributed by atoms with Crippen LogP contribution in [0.25, 0.3) is 0 Å². The standard InChI is InChI=1S/C15H17FN2O/c1-10-6-7-13(16)14(9-10)19-15-12(11(2)17-3)5-4-8-18-15/h4-9,11,17H,1-3H3. The topological polar surface area (TPSA) is 34.2 Å². The summed E-state index contributed by atoms with van der Waals surface area (Å²) >= 11 is 0. The van der Waals surface area contributed by atoms with E-state index in [0.29, 0.717) is 5.88 Å². The minimum Gasteiger partial charge on any atom is -0.436 e. The Morgan fingerprint density at radius 2 is 2.11 bits per heavy atom. The second kappa shape index (κ2) is 5.80. The van der Waals surface area contributed by atoms with Crippen LogP contribution in [-0.2, 0) is 0 Å². The molecule has 0 radical (unpaired) electrons. The van der Waals surface area contributed by atoms with Gasteiger partial charge in [-0.1, -0.05) is 12.1 Å². The summed E-state index contributed by atoms with van der Waals surface area (Å²) in [5.74, 6) is 0.233. The van der Waals surface area contributed by atoms with E-state index in [1.165, 1.54) is 6.07 Å². The van der Waals surface area contributed by atoms with Gasteiger partial charge in [0.25, 0.3) is 0 Å². The van der Waals surface area contributed by atoms with Gasteiger partial charge in [-0.2, -0.15) is 0 Å². The molecule has 0 saturated carbocycles. The number of pyridine rings is 1. The number of benzene rings is 1. The molecule has 1 heterocycles. The lowest BCUT2D eigenvalue weighted by Gasteiger charge is -2.15. The maximum absolute atomic E-state index is 13.7. The molecule has 2 rings (SSSR count). The maximum Gasteiger partial charge on any atom is 0.224 e.